The number of piperidine rings is 1. The van der Waals surface area contributed by atoms with Gasteiger partial charge in [-0.15, -0.1) is 0 Å². The highest BCUT2D eigenvalue weighted by Crippen LogP contribution is 2.54. The number of morpholine rings is 1. The van der Waals surface area contributed by atoms with Gasteiger partial charge in [0.1, 0.15) is 5.82 Å². The molecule has 12 heteroatoms. The Hall–Kier alpha value is -2.80. The summed E-state index contributed by atoms with van der Waals surface area (Å²) in [5, 5.41) is 2.96. The average molecular weight is 571 g/mol. The van der Waals surface area contributed by atoms with Gasteiger partial charge >= 0.3 is 0 Å². The van der Waals surface area contributed by atoms with Gasteiger partial charge in [0.15, 0.2) is 0 Å². The average Bonchev–Trinajstić information content (AvgIpc) is 3.66. The summed E-state index contributed by atoms with van der Waals surface area (Å²) in [5.74, 6) is 0.624. The molecule has 2 aromatic rings. The number of amides is 1. The number of carbonyl (C=O) groups excluding carboxylic acids is 1. The van der Waals surface area contributed by atoms with Crippen molar-refractivity contribution in [2.75, 3.05) is 61.1 Å². The van der Waals surface area contributed by atoms with Crippen LogP contribution in [0.1, 0.15) is 55.6 Å². The zero-order valence-corrected chi connectivity index (χ0v) is 24.2. The number of nitrogens with zero attached hydrogens (tertiary/aromatic N) is 4. The molecule has 2 N–H and O–H groups in total. The molecule has 4 fully saturated rings. The van der Waals surface area contributed by atoms with Crippen molar-refractivity contribution in [1.29, 1.82) is 0 Å². The topological polar surface area (TPSA) is 126 Å². The molecule has 0 bridgehead atoms. The lowest BCUT2D eigenvalue weighted by molar-refractivity contribution is -0.0523. The molecule has 4 heterocycles. The van der Waals surface area contributed by atoms with E-state index in [1.165, 1.54) is 18.9 Å². The Labute approximate surface area is 235 Å². The molecule has 6 rings (SSSR count). The van der Waals surface area contributed by atoms with Crippen LogP contribution in [-0.2, 0) is 19.5 Å². The molecule has 3 aliphatic heterocycles. The minimum absolute atomic E-state index is 0.0708. The molecule has 1 aromatic heterocycles. The van der Waals surface area contributed by atoms with E-state index in [1.54, 1.807) is 18.2 Å². The Bertz CT molecular complexity index is 1400. The predicted octanol–water partition coefficient (Wildman–Crippen LogP) is 2.71. The van der Waals surface area contributed by atoms with Gasteiger partial charge in [0.05, 0.1) is 47.6 Å². The van der Waals surface area contributed by atoms with Crippen molar-refractivity contribution < 1.29 is 22.7 Å². The van der Waals surface area contributed by atoms with Crippen LogP contribution in [0.3, 0.4) is 0 Å². The fourth-order valence-electron chi connectivity index (χ4n) is 5.82. The lowest BCUT2D eigenvalue weighted by Crippen LogP contribution is -2.59. The van der Waals surface area contributed by atoms with E-state index in [0.717, 1.165) is 31.6 Å². The number of aromatic nitrogens is 2. The molecule has 1 aliphatic carbocycles. The van der Waals surface area contributed by atoms with Gasteiger partial charge in [0.25, 0.3) is 5.91 Å². The van der Waals surface area contributed by atoms with E-state index in [1.807, 2.05) is 20.8 Å². The first kappa shape index (κ1) is 27.4. The lowest BCUT2D eigenvalue weighted by Gasteiger charge is -2.38. The summed E-state index contributed by atoms with van der Waals surface area (Å²) in [4.78, 5) is 27.3. The Morgan fingerprint density at radius 2 is 1.80 bits per heavy atom. The Kier molecular flexibility index (Phi) is 7.00. The van der Waals surface area contributed by atoms with Gasteiger partial charge in [-0.25, -0.2) is 18.1 Å². The number of sulfonamides is 1. The van der Waals surface area contributed by atoms with Crippen LogP contribution < -0.4 is 19.8 Å². The molecule has 11 nitrogen and oxygen atoms in total. The van der Waals surface area contributed by atoms with Gasteiger partial charge in [0, 0.05) is 37.9 Å². The zero-order chi connectivity index (χ0) is 28.1. The van der Waals surface area contributed by atoms with E-state index in [4.69, 9.17) is 9.47 Å². The summed E-state index contributed by atoms with van der Waals surface area (Å²) < 4.78 is 40.2. The highest BCUT2D eigenvalue weighted by Gasteiger charge is 2.45. The fraction of sp³-hybridized carbons (Fsp3) is 0.607. The second kappa shape index (κ2) is 10.2. The van der Waals surface area contributed by atoms with Gasteiger partial charge in [-0.1, -0.05) is 0 Å². The Morgan fingerprint density at radius 1 is 1.05 bits per heavy atom. The van der Waals surface area contributed by atoms with Crippen molar-refractivity contribution in [3.05, 3.63) is 35.5 Å². The Morgan fingerprint density at radius 3 is 2.45 bits per heavy atom. The molecular weight excluding hydrogens is 532 g/mol. The summed E-state index contributed by atoms with van der Waals surface area (Å²) in [6.45, 7) is 9.89. The third-order valence-electron chi connectivity index (χ3n) is 8.48. The highest BCUT2D eigenvalue weighted by atomic mass is 32.2. The zero-order valence-electron chi connectivity index (χ0n) is 23.4. The fourth-order valence-corrected chi connectivity index (χ4v) is 7.22. The predicted molar refractivity (Wildman–Crippen MR) is 151 cm³/mol. The molecule has 1 aromatic carbocycles. The van der Waals surface area contributed by atoms with Gasteiger partial charge in [-0.2, -0.15) is 4.98 Å². The largest absolute Gasteiger partial charge is 0.377 e. The van der Waals surface area contributed by atoms with E-state index in [2.05, 4.69) is 29.8 Å². The maximum absolute atomic E-state index is 13.7. The highest BCUT2D eigenvalue weighted by molar-refractivity contribution is 7.89. The number of carbonyl (C=O) groups is 1. The molecule has 3 saturated heterocycles. The monoisotopic (exact) mass is 570 g/mol. The SMILES string of the molecule is Cc1cc(NC(=O)c2ccc(S(=O)(=O)NC3(C)COC3)cc2N2CCC3(CC2)CC3)nc(N2CCOC(C)C2)n1. The molecule has 1 amide bonds. The summed E-state index contributed by atoms with van der Waals surface area (Å²) >= 11 is 0. The quantitative estimate of drug-likeness (QED) is 0.517. The van der Waals surface area contributed by atoms with E-state index < -0.39 is 15.6 Å². The molecule has 1 saturated carbocycles. The number of hydrogen-bond acceptors (Lipinski definition) is 9. The third kappa shape index (κ3) is 5.67. The number of ether oxygens (including phenoxy) is 2. The van der Waals surface area contributed by atoms with Crippen molar-refractivity contribution >= 4 is 33.4 Å². The van der Waals surface area contributed by atoms with Crippen LogP contribution in [-0.4, -0.2) is 81.9 Å². The molecule has 216 valence electrons. The van der Waals surface area contributed by atoms with Crippen molar-refractivity contribution in [3.63, 3.8) is 0 Å². The maximum atomic E-state index is 13.7. The second-order valence-electron chi connectivity index (χ2n) is 12.1. The number of aryl methyl sites for hydroxylation is 1. The van der Waals surface area contributed by atoms with Crippen molar-refractivity contribution in [1.82, 2.24) is 14.7 Å². The number of anilines is 3. The number of rotatable bonds is 7. The van der Waals surface area contributed by atoms with Crippen molar-refractivity contribution in [2.24, 2.45) is 5.41 Å². The van der Waals surface area contributed by atoms with E-state index >= 15 is 0 Å². The van der Waals surface area contributed by atoms with Gasteiger partial charge in [0.2, 0.25) is 16.0 Å². The smallest absolute Gasteiger partial charge is 0.258 e. The van der Waals surface area contributed by atoms with Gasteiger partial charge < -0.3 is 24.6 Å². The first-order chi connectivity index (χ1) is 19.0. The summed E-state index contributed by atoms with van der Waals surface area (Å²) in [6.07, 6.45) is 4.67. The van der Waals surface area contributed by atoms with E-state index in [9.17, 15) is 13.2 Å². The van der Waals surface area contributed by atoms with Crippen LogP contribution in [0.25, 0.3) is 0 Å². The standard InChI is InChI=1S/C28H38N6O5S/c1-19-14-24(31-26(29-19)34-12-13-39-20(2)16-34)30-25(35)22-5-4-21(40(36,37)32-27(3)17-38-18-27)15-23(22)33-10-8-28(6-7-28)9-11-33/h4-5,14-15,20,32H,6-13,16-18H2,1-3H3,(H,29,30,31,35). The third-order valence-corrected chi connectivity index (χ3v) is 10.1. The lowest BCUT2D eigenvalue weighted by atomic mass is 9.93. The van der Waals surface area contributed by atoms with E-state index in [-0.39, 0.29) is 16.9 Å². The number of hydrogen-bond donors (Lipinski definition) is 2. The molecule has 1 atom stereocenters. The Balaban J connectivity index is 1.28. The van der Waals surface area contributed by atoms with Crippen LogP contribution in [0, 0.1) is 12.3 Å². The van der Waals surface area contributed by atoms with Crippen LogP contribution in [0.4, 0.5) is 17.5 Å². The maximum Gasteiger partial charge on any atom is 0.258 e. The molecule has 4 aliphatic rings. The summed E-state index contributed by atoms with van der Waals surface area (Å²) in [6, 6.07) is 6.49. The van der Waals surface area contributed by atoms with Crippen molar-refractivity contribution in [3.8, 4) is 0 Å². The molecular formula is C28H38N6O5S. The first-order valence-corrected chi connectivity index (χ1v) is 15.6. The second-order valence-corrected chi connectivity index (χ2v) is 13.8. The molecule has 0 radical (unpaired) electrons. The van der Waals surface area contributed by atoms with Gasteiger partial charge in [-0.05, 0) is 70.1 Å². The minimum atomic E-state index is -3.80. The van der Waals surface area contributed by atoms with Crippen LogP contribution >= 0.6 is 0 Å². The van der Waals surface area contributed by atoms with Crippen LogP contribution in [0.2, 0.25) is 0 Å². The molecule has 40 heavy (non-hydrogen) atoms. The molecule has 1 spiro atoms. The normalized spacial score (nSPS) is 23.5. The summed E-state index contributed by atoms with van der Waals surface area (Å²) in [7, 11) is -3.80. The number of nitrogens with one attached hydrogen (secondary N) is 2. The first-order valence-electron chi connectivity index (χ1n) is 14.1. The van der Waals surface area contributed by atoms with Crippen molar-refractivity contribution in [2.45, 2.75) is 63.0 Å². The van der Waals surface area contributed by atoms with Crippen LogP contribution in [0.15, 0.2) is 29.2 Å². The van der Waals surface area contributed by atoms with E-state index in [0.29, 0.717) is 61.3 Å². The minimum Gasteiger partial charge on any atom is -0.377 e. The summed E-state index contributed by atoms with van der Waals surface area (Å²) in [5.41, 5.74) is 1.60. The molecule has 1 unspecified atom stereocenters. The van der Waals surface area contributed by atoms with Crippen LogP contribution in [0.5, 0.6) is 0 Å². The van der Waals surface area contributed by atoms with Gasteiger partial charge in [-0.3, -0.25) is 4.79 Å². The number of benzene rings is 1.